The predicted octanol–water partition coefficient (Wildman–Crippen LogP) is 3.35. The van der Waals surface area contributed by atoms with Gasteiger partial charge in [-0.05, 0) is 42.5 Å². The Labute approximate surface area is 118 Å². The second-order valence-corrected chi connectivity index (χ2v) is 7.05. The summed E-state index contributed by atoms with van der Waals surface area (Å²) < 4.78 is 27.2. The molecule has 3 nitrogen and oxygen atoms in total. The van der Waals surface area contributed by atoms with Gasteiger partial charge in [-0.15, -0.1) is 11.3 Å². The zero-order valence-electron chi connectivity index (χ0n) is 11.0. The molecule has 0 aliphatic carbocycles. The molecule has 2 rings (SSSR count). The molecular weight excluding hydrogens is 278 g/mol. The fourth-order valence-electron chi connectivity index (χ4n) is 1.80. The summed E-state index contributed by atoms with van der Waals surface area (Å²) in [5.41, 5.74) is 1.13. The number of hydrogen-bond acceptors (Lipinski definition) is 3. The van der Waals surface area contributed by atoms with Crippen LogP contribution in [0.25, 0.3) is 0 Å². The van der Waals surface area contributed by atoms with Crippen LogP contribution in [0.15, 0.2) is 46.7 Å². The summed E-state index contributed by atoms with van der Waals surface area (Å²) >= 11 is 1.55. The molecule has 0 aliphatic heterocycles. The molecule has 0 fully saturated rings. The SMILES string of the molecule is CCc1ccc(S(=O)(=O)NC(C)c2cccs2)cc1. The molecule has 1 N–H and O–H groups in total. The van der Waals surface area contributed by atoms with E-state index in [0.29, 0.717) is 4.90 Å². The third-order valence-corrected chi connectivity index (χ3v) is 5.56. The molecule has 0 amide bonds. The molecule has 102 valence electrons. The Morgan fingerprint density at radius 1 is 1.21 bits per heavy atom. The minimum atomic E-state index is -3.45. The van der Waals surface area contributed by atoms with Crippen LogP contribution in [0.1, 0.15) is 30.3 Å². The lowest BCUT2D eigenvalue weighted by atomic mass is 10.2. The van der Waals surface area contributed by atoms with Crippen LogP contribution in [0, 0.1) is 0 Å². The number of sulfonamides is 1. The molecule has 0 saturated heterocycles. The van der Waals surface area contributed by atoms with Gasteiger partial charge in [0.15, 0.2) is 0 Å². The zero-order valence-corrected chi connectivity index (χ0v) is 12.6. The Balaban J connectivity index is 2.17. The van der Waals surface area contributed by atoms with Crippen LogP contribution >= 0.6 is 11.3 Å². The van der Waals surface area contributed by atoms with Crippen molar-refractivity contribution < 1.29 is 8.42 Å². The normalized spacial score (nSPS) is 13.4. The summed E-state index contributed by atoms with van der Waals surface area (Å²) in [6.45, 7) is 3.89. The first kappa shape index (κ1) is 14.2. The van der Waals surface area contributed by atoms with Crippen LogP contribution in [0.2, 0.25) is 0 Å². The second-order valence-electron chi connectivity index (χ2n) is 4.36. The summed E-state index contributed by atoms with van der Waals surface area (Å²) in [4.78, 5) is 1.32. The predicted molar refractivity (Wildman–Crippen MR) is 78.9 cm³/mol. The minimum absolute atomic E-state index is 0.212. The van der Waals surface area contributed by atoms with Crippen LogP contribution < -0.4 is 4.72 Å². The summed E-state index contributed by atoms with van der Waals surface area (Å²) in [6, 6.07) is 10.6. The maximum Gasteiger partial charge on any atom is 0.241 e. The molecule has 1 unspecified atom stereocenters. The summed E-state index contributed by atoms with van der Waals surface area (Å²) in [5, 5.41) is 1.94. The Morgan fingerprint density at radius 3 is 2.42 bits per heavy atom. The van der Waals surface area contributed by atoms with Crippen molar-refractivity contribution >= 4 is 21.4 Å². The van der Waals surface area contributed by atoms with Gasteiger partial charge in [0, 0.05) is 4.88 Å². The Bertz CT molecular complexity index is 616. The van der Waals surface area contributed by atoms with Gasteiger partial charge in [-0.2, -0.15) is 0 Å². The van der Waals surface area contributed by atoms with Gasteiger partial charge in [0.05, 0.1) is 10.9 Å². The van der Waals surface area contributed by atoms with Crippen LogP contribution in [-0.2, 0) is 16.4 Å². The quantitative estimate of drug-likeness (QED) is 0.919. The largest absolute Gasteiger partial charge is 0.241 e. The van der Waals surface area contributed by atoms with Gasteiger partial charge in [-0.1, -0.05) is 25.1 Å². The van der Waals surface area contributed by atoms with E-state index in [1.165, 1.54) is 0 Å². The fraction of sp³-hybridized carbons (Fsp3) is 0.286. The molecule has 0 saturated carbocycles. The van der Waals surface area contributed by atoms with E-state index in [9.17, 15) is 8.42 Å². The first-order chi connectivity index (χ1) is 9.03. The van der Waals surface area contributed by atoms with E-state index in [1.807, 2.05) is 43.5 Å². The fourth-order valence-corrected chi connectivity index (χ4v) is 3.83. The number of rotatable bonds is 5. The van der Waals surface area contributed by atoms with Gasteiger partial charge < -0.3 is 0 Å². The summed E-state index contributed by atoms with van der Waals surface area (Å²) in [7, 11) is -3.45. The van der Waals surface area contributed by atoms with E-state index in [1.54, 1.807) is 23.5 Å². The molecule has 0 aliphatic rings. The summed E-state index contributed by atoms with van der Waals surface area (Å²) in [5.74, 6) is 0. The number of nitrogens with one attached hydrogen (secondary N) is 1. The van der Waals surface area contributed by atoms with E-state index in [4.69, 9.17) is 0 Å². The topological polar surface area (TPSA) is 46.2 Å². The van der Waals surface area contributed by atoms with E-state index in [-0.39, 0.29) is 6.04 Å². The number of benzene rings is 1. The van der Waals surface area contributed by atoms with Gasteiger partial charge in [-0.3, -0.25) is 0 Å². The third kappa shape index (κ3) is 3.43. The van der Waals surface area contributed by atoms with Crippen molar-refractivity contribution in [2.75, 3.05) is 0 Å². The lowest BCUT2D eigenvalue weighted by Gasteiger charge is -2.13. The molecule has 19 heavy (non-hydrogen) atoms. The Morgan fingerprint density at radius 2 is 1.89 bits per heavy atom. The van der Waals surface area contributed by atoms with Crippen LogP contribution in [-0.4, -0.2) is 8.42 Å². The first-order valence-electron chi connectivity index (χ1n) is 6.17. The van der Waals surface area contributed by atoms with Crippen molar-refractivity contribution in [2.45, 2.75) is 31.2 Å². The zero-order chi connectivity index (χ0) is 13.9. The highest BCUT2D eigenvalue weighted by Gasteiger charge is 2.18. The Hall–Kier alpha value is -1.17. The lowest BCUT2D eigenvalue weighted by Crippen LogP contribution is -2.26. The number of hydrogen-bond donors (Lipinski definition) is 1. The van der Waals surface area contributed by atoms with Crippen LogP contribution in [0.4, 0.5) is 0 Å². The van der Waals surface area contributed by atoms with E-state index < -0.39 is 10.0 Å². The highest BCUT2D eigenvalue weighted by Crippen LogP contribution is 2.21. The lowest BCUT2D eigenvalue weighted by molar-refractivity contribution is 0.568. The van der Waals surface area contributed by atoms with Gasteiger partial charge >= 0.3 is 0 Å². The highest BCUT2D eigenvalue weighted by molar-refractivity contribution is 7.89. The van der Waals surface area contributed by atoms with Crippen LogP contribution in [0.3, 0.4) is 0 Å². The van der Waals surface area contributed by atoms with Crippen molar-refractivity contribution in [2.24, 2.45) is 0 Å². The van der Waals surface area contributed by atoms with Gasteiger partial charge in [0.2, 0.25) is 10.0 Å². The van der Waals surface area contributed by atoms with E-state index in [2.05, 4.69) is 4.72 Å². The average Bonchev–Trinajstić information content (AvgIpc) is 2.92. The van der Waals surface area contributed by atoms with E-state index >= 15 is 0 Å². The van der Waals surface area contributed by atoms with Gasteiger partial charge in [0.25, 0.3) is 0 Å². The smallest absolute Gasteiger partial charge is 0.207 e. The highest BCUT2D eigenvalue weighted by atomic mass is 32.2. The second kappa shape index (κ2) is 5.86. The summed E-state index contributed by atoms with van der Waals surface area (Å²) in [6.07, 6.45) is 0.902. The number of thiophene rings is 1. The molecule has 1 atom stereocenters. The average molecular weight is 295 g/mol. The molecule has 1 aromatic carbocycles. The maximum atomic E-state index is 12.2. The molecule has 0 bridgehead atoms. The molecule has 2 aromatic rings. The molecule has 1 aromatic heterocycles. The standard InChI is InChI=1S/C14H17NO2S2/c1-3-12-6-8-13(9-7-12)19(16,17)15-11(2)14-5-4-10-18-14/h4-11,15H,3H2,1-2H3. The molecule has 0 spiro atoms. The monoisotopic (exact) mass is 295 g/mol. The van der Waals surface area contributed by atoms with Crippen molar-refractivity contribution in [3.05, 3.63) is 52.2 Å². The molecule has 0 radical (unpaired) electrons. The maximum absolute atomic E-state index is 12.2. The number of aryl methyl sites for hydroxylation is 1. The van der Waals surface area contributed by atoms with E-state index in [0.717, 1.165) is 16.9 Å². The third-order valence-electron chi connectivity index (χ3n) is 2.94. The van der Waals surface area contributed by atoms with Gasteiger partial charge in [-0.25, -0.2) is 13.1 Å². The van der Waals surface area contributed by atoms with Crippen molar-refractivity contribution in [3.8, 4) is 0 Å². The molecule has 5 heteroatoms. The molecular formula is C14H17NO2S2. The van der Waals surface area contributed by atoms with Crippen LogP contribution in [0.5, 0.6) is 0 Å². The first-order valence-corrected chi connectivity index (χ1v) is 8.54. The van der Waals surface area contributed by atoms with Crippen molar-refractivity contribution in [1.29, 1.82) is 0 Å². The van der Waals surface area contributed by atoms with Crippen molar-refractivity contribution in [3.63, 3.8) is 0 Å². The van der Waals surface area contributed by atoms with Gasteiger partial charge in [0.1, 0.15) is 0 Å². The molecule has 1 heterocycles. The minimum Gasteiger partial charge on any atom is -0.207 e. The Kier molecular flexibility index (Phi) is 4.39. The van der Waals surface area contributed by atoms with Crippen molar-refractivity contribution in [1.82, 2.24) is 4.72 Å².